The molecule has 0 aliphatic heterocycles. The van der Waals surface area contributed by atoms with Crippen LogP contribution >= 0.6 is 0 Å². The molecule has 5 N–H and O–H groups in total. The van der Waals surface area contributed by atoms with Crippen molar-refractivity contribution in [2.45, 2.75) is 18.9 Å². The molecular formula is C13H16FN3O4. The Morgan fingerprint density at radius 2 is 1.86 bits per heavy atom. The van der Waals surface area contributed by atoms with Crippen molar-refractivity contribution in [2.75, 3.05) is 6.54 Å². The third-order valence-electron chi connectivity index (χ3n) is 2.62. The summed E-state index contributed by atoms with van der Waals surface area (Å²) in [5.41, 5.74) is 5.71. The predicted molar refractivity (Wildman–Crippen MR) is 71.9 cm³/mol. The van der Waals surface area contributed by atoms with Crippen molar-refractivity contribution < 1.29 is 23.9 Å². The molecule has 1 aromatic carbocycles. The van der Waals surface area contributed by atoms with E-state index < -0.39 is 30.4 Å². The number of hydrogen-bond acceptors (Lipinski definition) is 3. The van der Waals surface area contributed by atoms with Gasteiger partial charge in [-0.05, 0) is 24.1 Å². The van der Waals surface area contributed by atoms with Gasteiger partial charge in [-0.25, -0.2) is 14.0 Å². The summed E-state index contributed by atoms with van der Waals surface area (Å²) in [6, 6.07) is 3.70. The number of hydrogen-bond donors (Lipinski definition) is 4. The first kappa shape index (κ1) is 16.4. The lowest BCUT2D eigenvalue weighted by atomic mass is 10.1. The molecule has 1 atom stereocenters. The number of amides is 3. The van der Waals surface area contributed by atoms with Crippen LogP contribution < -0.4 is 16.4 Å². The van der Waals surface area contributed by atoms with Gasteiger partial charge in [0.15, 0.2) is 0 Å². The van der Waals surface area contributed by atoms with Gasteiger partial charge < -0.3 is 21.5 Å². The molecule has 0 saturated carbocycles. The average molecular weight is 297 g/mol. The lowest BCUT2D eigenvalue weighted by Crippen LogP contribution is -2.48. The van der Waals surface area contributed by atoms with Crippen LogP contribution in [0.2, 0.25) is 0 Å². The third-order valence-corrected chi connectivity index (χ3v) is 2.62. The maximum Gasteiger partial charge on any atom is 0.326 e. The van der Waals surface area contributed by atoms with E-state index >= 15 is 0 Å². The Kier molecular flexibility index (Phi) is 6.12. The molecule has 21 heavy (non-hydrogen) atoms. The standard InChI is InChI=1S/C13H16FN3O4/c14-9-3-1-8(2-4-9)5-6-16-13(21)17-10(12(19)20)7-11(15)18/h1-4,10H,5-7H2,(H2,15,18)(H,19,20)(H2,16,17,21)/t10-/m1/s1. The number of halogens is 1. The number of rotatable bonds is 7. The van der Waals surface area contributed by atoms with E-state index in [2.05, 4.69) is 10.6 Å². The van der Waals surface area contributed by atoms with Crippen molar-refractivity contribution in [3.8, 4) is 0 Å². The van der Waals surface area contributed by atoms with Gasteiger partial charge >= 0.3 is 12.0 Å². The first-order valence-corrected chi connectivity index (χ1v) is 6.18. The van der Waals surface area contributed by atoms with E-state index in [4.69, 9.17) is 10.8 Å². The number of nitrogens with two attached hydrogens (primary N) is 1. The van der Waals surface area contributed by atoms with E-state index in [1.165, 1.54) is 12.1 Å². The van der Waals surface area contributed by atoms with Crippen molar-refractivity contribution in [3.05, 3.63) is 35.6 Å². The fourth-order valence-corrected chi connectivity index (χ4v) is 1.58. The van der Waals surface area contributed by atoms with Gasteiger partial charge in [0, 0.05) is 6.54 Å². The highest BCUT2D eigenvalue weighted by Crippen LogP contribution is 2.02. The molecule has 0 aliphatic carbocycles. The SMILES string of the molecule is NC(=O)C[C@@H](NC(=O)NCCc1ccc(F)cc1)C(=O)O. The number of carbonyl (C=O) groups excluding carboxylic acids is 2. The fraction of sp³-hybridized carbons (Fsp3) is 0.308. The molecule has 0 aliphatic rings. The average Bonchev–Trinajstić information content (AvgIpc) is 2.39. The predicted octanol–water partition coefficient (Wildman–Crippen LogP) is -0.00400. The number of urea groups is 1. The van der Waals surface area contributed by atoms with E-state index in [9.17, 15) is 18.8 Å². The van der Waals surface area contributed by atoms with Crippen molar-refractivity contribution in [3.63, 3.8) is 0 Å². The zero-order valence-corrected chi connectivity index (χ0v) is 11.1. The summed E-state index contributed by atoms with van der Waals surface area (Å²) in [5, 5.41) is 13.4. The second-order valence-electron chi connectivity index (χ2n) is 4.34. The molecule has 3 amide bonds. The number of carbonyl (C=O) groups is 3. The summed E-state index contributed by atoms with van der Waals surface area (Å²) in [5.74, 6) is -2.52. The molecule has 1 rings (SSSR count). The van der Waals surface area contributed by atoms with Crippen molar-refractivity contribution in [1.29, 1.82) is 0 Å². The van der Waals surface area contributed by atoms with Crippen LogP contribution in [0, 0.1) is 5.82 Å². The summed E-state index contributed by atoms with van der Waals surface area (Å²) >= 11 is 0. The number of primary amides is 1. The van der Waals surface area contributed by atoms with E-state index in [0.717, 1.165) is 5.56 Å². The highest BCUT2D eigenvalue weighted by molar-refractivity contribution is 5.87. The van der Waals surface area contributed by atoms with Gasteiger partial charge in [-0.1, -0.05) is 12.1 Å². The zero-order chi connectivity index (χ0) is 15.8. The minimum absolute atomic E-state index is 0.236. The van der Waals surface area contributed by atoms with Crippen LogP contribution in [0.4, 0.5) is 9.18 Å². The summed E-state index contributed by atoms with van der Waals surface area (Å²) in [6.45, 7) is 0.236. The lowest BCUT2D eigenvalue weighted by molar-refractivity contribution is -0.140. The summed E-state index contributed by atoms with van der Waals surface area (Å²) in [7, 11) is 0. The smallest absolute Gasteiger partial charge is 0.326 e. The van der Waals surface area contributed by atoms with Crippen LogP contribution in [0.1, 0.15) is 12.0 Å². The molecule has 0 bridgehead atoms. The maximum atomic E-state index is 12.7. The maximum absolute atomic E-state index is 12.7. The Labute approximate surface area is 120 Å². The third kappa shape index (κ3) is 6.37. The number of aliphatic carboxylic acids is 1. The van der Waals surface area contributed by atoms with E-state index in [1.54, 1.807) is 12.1 Å². The zero-order valence-electron chi connectivity index (χ0n) is 11.1. The van der Waals surface area contributed by atoms with Gasteiger partial charge in [0.1, 0.15) is 11.9 Å². The normalized spacial score (nSPS) is 11.5. The van der Waals surface area contributed by atoms with Crippen LogP contribution in [-0.2, 0) is 16.0 Å². The molecule has 0 unspecified atom stereocenters. The minimum atomic E-state index is -1.37. The van der Waals surface area contributed by atoms with E-state index in [0.29, 0.717) is 6.42 Å². The Hall–Kier alpha value is -2.64. The lowest BCUT2D eigenvalue weighted by Gasteiger charge is -2.13. The van der Waals surface area contributed by atoms with Crippen LogP contribution in [0.15, 0.2) is 24.3 Å². The molecule has 1 aromatic rings. The largest absolute Gasteiger partial charge is 0.480 e. The molecule has 0 aromatic heterocycles. The molecule has 0 heterocycles. The monoisotopic (exact) mass is 297 g/mol. The molecule has 7 nitrogen and oxygen atoms in total. The molecule has 0 fully saturated rings. The minimum Gasteiger partial charge on any atom is -0.480 e. The number of carboxylic acids is 1. The quantitative estimate of drug-likeness (QED) is 0.565. The van der Waals surface area contributed by atoms with Crippen LogP contribution in [0.5, 0.6) is 0 Å². The summed E-state index contributed by atoms with van der Waals surface area (Å²) in [6.07, 6.45) is -0.0258. The van der Waals surface area contributed by atoms with Crippen LogP contribution in [-0.4, -0.2) is 35.6 Å². The van der Waals surface area contributed by atoms with Crippen molar-refractivity contribution in [1.82, 2.24) is 10.6 Å². The molecule has 114 valence electrons. The van der Waals surface area contributed by atoms with Gasteiger partial charge in [0.25, 0.3) is 0 Å². The Bertz CT molecular complexity index is 519. The van der Waals surface area contributed by atoms with Gasteiger partial charge in [0.05, 0.1) is 6.42 Å². The fourth-order valence-electron chi connectivity index (χ4n) is 1.58. The summed E-state index contributed by atoms with van der Waals surface area (Å²) in [4.78, 5) is 33.0. The summed E-state index contributed by atoms with van der Waals surface area (Å²) < 4.78 is 12.7. The van der Waals surface area contributed by atoms with Gasteiger partial charge in [-0.3, -0.25) is 4.79 Å². The van der Waals surface area contributed by atoms with Gasteiger partial charge in [0.2, 0.25) is 5.91 Å². The number of benzene rings is 1. The van der Waals surface area contributed by atoms with E-state index in [-0.39, 0.29) is 12.4 Å². The van der Waals surface area contributed by atoms with Crippen molar-refractivity contribution in [2.24, 2.45) is 5.73 Å². The molecule has 8 heteroatoms. The van der Waals surface area contributed by atoms with Gasteiger partial charge in [-0.15, -0.1) is 0 Å². The first-order valence-electron chi connectivity index (χ1n) is 6.18. The van der Waals surface area contributed by atoms with Crippen LogP contribution in [0.3, 0.4) is 0 Å². The van der Waals surface area contributed by atoms with Crippen LogP contribution in [0.25, 0.3) is 0 Å². The molecule has 0 spiro atoms. The Morgan fingerprint density at radius 3 is 2.38 bits per heavy atom. The second kappa shape index (κ2) is 7.83. The molecule has 0 radical (unpaired) electrons. The van der Waals surface area contributed by atoms with Crippen molar-refractivity contribution >= 4 is 17.9 Å². The highest BCUT2D eigenvalue weighted by atomic mass is 19.1. The van der Waals surface area contributed by atoms with E-state index in [1.807, 2.05) is 0 Å². The second-order valence-corrected chi connectivity index (χ2v) is 4.34. The Balaban J connectivity index is 2.37. The first-order chi connectivity index (χ1) is 9.88. The Morgan fingerprint density at radius 1 is 1.24 bits per heavy atom. The number of nitrogens with one attached hydrogen (secondary N) is 2. The topological polar surface area (TPSA) is 122 Å². The van der Waals surface area contributed by atoms with Gasteiger partial charge in [-0.2, -0.15) is 0 Å². The molecule has 0 saturated heterocycles. The highest BCUT2D eigenvalue weighted by Gasteiger charge is 2.21. The molecular weight excluding hydrogens is 281 g/mol. The number of carboxylic acid groups (broad SMARTS) is 1.